The van der Waals surface area contributed by atoms with E-state index in [1.807, 2.05) is 19.1 Å². The molecular formula is C31H35FN6O4Si. The molecule has 0 radical (unpaired) electrons. The van der Waals surface area contributed by atoms with E-state index < -0.39 is 31.6 Å². The van der Waals surface area contributed by atoms with Gasteiger partial charge in [-0.15, -0.1) is 11.7 Å². The number of benzene rings is 2. The first-order valence-corrected chi connectivity index (χ1v) is 17.5. The minimum absolute atomic E-state index is 0.0280. The molecule has 4 atom stereocenters. The molecular weight excluding hydrogens is 567 g/mol. The molecule has 1 N–H and O–H groups in total. The number of amides is 1. The van der Waals surface area contributed by atoms with Crippen LogP contribution >= 0.6 is 0 Å². The summed E-state index contributed by atoms with van der Waals surface area (Å²) >= 11 is 0. The van der Waals surface area contributed by atoms with Gasteiger partial charge in [-0.3, -0.25) is 14.3 Å². The number of aliphatic hydroxyl groups is 1. The number of anilines is 1. The number of fused-ring (bicyclic) bond motifs is 3. The fourth-order valence-electron chi connectivity index (χ4n) is 6.96. The highest BCUT2D eigenvalue weighted by atomic mass is 28.4. The van der Waals surface area contributed by atoms with E-state index in [-0.39, 0.29) is 24.6 Å². The van der Waals surface area contributed by atoms with Gasteiger partial charge in [0.2, 0.25) is 8.41 Å². The summed E-state index contributed by atoms with van der Waals surface area (Å²) in [6.07, 6.45) is 5.32. The van der Waals surface area contributed by atoms with Crippen LogP contribution in [0.25, 0.3) is 16.5 Å². The fraction of sp³-hybridized carbons (Fsp3) is 0.387. The van der Waals surface area contributed by atoms with E-state index in [1.54, 1.807) is 71.5 Å². The van der Waals surface area contributed by atoms with Gasteiger partial charge in [0.1, 0.15) is 0 Å². The molecule has 2 aliphatic heterocycles. The van der Waals surface area contributed by atoms with Gasteiger partial charge >= 0.3 is 0 Å². The van der Waals surface area contributed by atoms with Crippen molar-refractivity contribution in [1.82, 2.24) is 24.8 Å². The molecule has 0 aliphatic carbocycles. The molecule has 1 fully saturated rings. The highest BCUT2D eigenvalue weighted by Crippen LogP contribution is 2.60. The van der Waals surface area contributed by atoms with Gasteiger partial charge in [0.25, 0.3) is 11.5 Å². The molecule has 4 aromatic rings. The maximum absolute atomic E-state index is 16.2. The van der Waals surface area contributed by atoms with Crippen LogP contribution in [-0.2, 0) is 28.1 Å². The van der Waals surface area contributed by atoms with Gasteiger partial charge in [-0.05, 0) is 43.8 Å². The van der Waals surface area contributed by atoms with Gasteiger partial charge < -0.3 is 18.9 Å². The van der Waals surface area contributed by atoms with Crippen LogP contribution in [0.5, 0.6) is 0 Å². The molecule has 0 unspecified atom stereocenters. The number of carbonyl (C=O) groups excluding carboxylic acids is 1. The van der Waals surface area contributed by atoms with Crippen molar-refractivity contribution in [2.75, 3.05) is 18.1 Å². The lowest BCUT2D eigenvalue weighted by Gasteiger charge is -2.31. The molecule has 0 bridgehead atoms. The molecule has 43 heavy (non-hydrogen) atoms. The van der Waals surface area contributed by atoms with Crippen molar-refractivity contribution < 1.29 is 18.7 Å². The van der Waals surface area contributed by atoms with Crippen molar-refractivity contribution in [3.8, 4) is 5.69 Å². The maximum Gasteiger partial charge on any atom is 0.279 e. The molecule has 4 heterocycles. The summed E-state index contributed by atoms with van der Waals surface area (Å²) in [6.45, 7) is 9.72. The van der Waals surface area contributed by atoms with Crippen LogP contribution in [0.1, 0.15) is 24.6 Å². The van der Waals surface area contributed by atoms with Crippen LogP contribution in [0.2, 0.25) is 18.6 Å². The quantitative estimate of drug-likeness (QED) is 0.176. The van der Waals surface area contributed by atoms with Crippen LogP contribution in [0.4, 0.5) is 9.80 Å². The van der Waals surface area contributed by atoms with E-state index in [0.717, 1.165) is 5.39 Å². The first kappa shape index (κ1) is 29.1. The van der Waals surface area contributed by atoms with Crippen molar-refractivity contribution in [3.05, 3.63) is 89.1 Å². The SMILES string of the molecule is C=CCN1C(=O)[C@@]2(O[C@@H](CCn3cc(CCO)nn3)[C@H]([Si](C)(C)F)[C@H]2C)c2cc(-n3ncc4ccccc4c3=O)ccc21. The number of ether oxygens (including phenoxy) is 1. The first-order chi connectivity index (χ1) is 20.6. The summed E-state index contributed by atoms with van der Waals surface area (Å²) in [4.78, 5) is 29.4. The first-order valence-electron chi connectivity index (χ1n) is 14.5. The highest BCUT2D eigenvalue weighted by Gasteiger charge is 2.66. The van der Waals surface area contributed by atoms with Gasteiger partial charge in [-0.25, -0.2) is 0 Å². The predicted molar refractivity (Wildman–Crippen MR) is 163 cm³/mol. The minimum Gasteiger partial charge on any atom is -0.396 e. The number of aryl methyl sites for hydroxylation is 1. The van der Waals surface area contributed by atoms with Crippen LogP contribution in [0, 0.1) is 5.92 Å². The van der Waals surface area contributed by atoms with E-state index in [1.165, 1.54) is 4.68 Å². The molecule has 224 valence electrons. The zero-order valence-electron chi connectivity index (χ0n) is 24.5. The summed E-state index contributed by atoms with van der Waals surface area (Å²) in [5, 5.41) is 23.1. The van der Waals surface area contributed by atoms with E-state index in [0.29, 0.717) is 47.4 Å². The Labute approximate surface area is 249 Å². The Balaban J connectivity index is 1.44. The molecule has 1 saturated heterocycles. The number of hydrogen-bond acceptors (Lipinski definition) is 7. The predicted octanol–water partition coefficient (Wildman–Crippen LogP) is 3.91. The second-order valence-corrected chi connectivity index (χ2v) is 15.7. The third-order valence-corrected chi connectivity index (χ3v) is 11.3. The van der Waals surface area contributed by atoms with Crippen LogP contribution < -0.4 is 10.5 Å². The van der Waals surface area contributed by atoms with Crippen molar-refractivity contribution in [1.29, 1.82) is 0 Å². The third-order valence-electron chi connectivity index (χ3n) is 8.79. The topological polar surface area (TPSA) is 115 Å². The fourth-order valence-corrected chi connectivity index (χ4v) is 9.50. The Kier molecular flexibility index (Phi) is 7.39. The minimum atomic E-state index is -3.36. The third kappa shape index (κ3) is 4.73. The summed E-state index contributed by atoms with van der Waals surface area (Å²) in [5.41, 5.74) is 0.208. The van der Waals surface area contributed by atoms with Crippen molar-refractivity contribution in [2.24, 2.45) is 5.92 Å². The lowest BCUT2D eigenvalue weighted by atomic mass is 9.82. The van der Waals surface area contributed by atoms with Crippen molar-refractivity contribution in [2.45, 2.75) is 56.7 Å². The Bertz CT molecular complexity index is 1770. The summed E-state index contributed by atoms with van der Waals surface area (Å²) in [7, 11) is -3.36. The molecule has 6 rings (SSSR count). The average molecular weight is 603 g/mol. The number of hydrogen-bond donors (Lipinski definition) is 1. The lowest BCUT2D eigenvalue weighted by Crippen LogP contribution is -2.45. The number of rotatable bonds is 9. The molecule has 1 amide bonds. The molecule has 0 saturated carbocycles. The second-order valence-electron chi connectivity index (χ2n) is 11.9. The number of nitrogens with zero attached hydrogens (tertiary/aromatic N) is 6. The summed E-state index contributed by atoms with van der Waals surface area (Å²) < 4.78 is 26.0. The van der Waals surface area contributed by atoms with Crippen LogP contribution in [-0.4, -0.2) is 63.5 Å². The number of halogens is 1. The normalized spacial score (nSPS) is 23.4. The summed E-state index contributed by atoms with van der Waals surface area (Å²) in [5.74, 6) is -0.745. The van der Waals surface area contributed by atoms with E-state index in [4.69, 9.17) is 4.74 Å². The Morgan fingerprint density at radius 1 is 1.21 bits per heavy atom. The summed E-state index contributed by atoms with van der Waals surface area (Å²) in [6, 6.07) is 12.6. The van der Waals surface area contributed by atoms with E-state index in [9.17, 15) is 14.7 Å². The number of aromatic nitrogens is 5. The maximum atomic E-state index is 16.2. The zero-order chi connectivity index (χ0) is 30.5. The molecule has 10 nitrogen and oxygen atoms in total. The monoisotopic (exact) mass is 602 g/mol. The Morgan fingerprint density at radius 2 is 2.00 bits per heavy atom. The Hall–Kier alpha value is -4.00. The molecule has 2 aromatic heterocycles. The van der Waals surface area contributed by atoms with Crippen molar-refractivity contribution >= 4 is 30.8 Å². The van der Waals surface area contributed by atoms with Gasteiger partial charge in [0.15, 0.2) is 5.60 Å². The van der Waals surface area contributed by atoms with E-state index >= 15 is 4.11 Å². The lowest BCUT2D eigenvalue weighted by molar-refractivity contribution is -0.145. The molecule has 2 aliphatic rings. The van der Waals surface area contributed by atoms with Gasteiger partial charge in [-0.1, -0.05) is 36.4 Å². The smallest absolute Gasteiger partial charge is 0.279 e. The number of aliphatic hydroxyl groups excluding tert-OH is 1. The van der Waals surface area contributed by atoms with Crippen LogP contribution in [0.15, 0.2) is 72.3 Å². The molecule has 12 heteroatoms. The van der Waals surface area contributed by atoms with Gasteiger partial charge in [0.05, 0.1) is 34.8 Å². The van der Waals surface area contributed by atoms with Crippen LogP contribution in [0.3, 0.4) is 0 Å². The highest BCUT2D eigenvalue weighted by molar-refractivity contribution is 6.72. The van der Waals surface area contributed by atoms with Gasteiger partial charge in [-0.2, -0.15) is 9.78 Å². The Morgan fingerprint density at radius 3 is 2.74 bits per heavy atom. The van der Waals surface area contributed by atoms with E-state index in [2.05, 4.69) is 22.0 Å². The largest absolute Gasteiger partial charge is 0.396 e. The molecule has 1 spiro atoms. The molecule has 2 aromatic carbocycles. The zero-order valence-corrected chi connectivity index (χ0v) is 25.5. The number of carbonyl (C=O) groups is 1. The average Bonchev–Trinajstić information content (AvgIpc) is 3.62. The van der Waals surface area contributed by atoms with Crippen molar-refractivity contribution in [3.63, 3.8) is 0 Å². The standard InChI is InChI=1S/C31H35FN6O4Si/c1-5-14-37-26-11-10-23(38-29(40)24-9-7-6-8-21(24)18-33-38)17-25(26)31(30(37)41)20(2)28(43(3,4)32)27(42-31)12-15-36-19-22(13-16-39)34-35-36/h5-11,17-20,27-28,39H,1,12-16H2,2-4H3/t20-,27+,28-,31+/m1/s1. The van der Waals surface area contributed by atoms with Gasteiger partial charge in [0, 0.05) is 54.7 Å². The second kappa shape index (κ2) is 10.9.